The molecule has 2 aromatic rings. The third kappa shape index (κ3) is 5.53. The van der Waals surface area contributed by atoms with E-state index in [-0.39, 0.29) is 11.1 Å². The van der Waals surface area contributed by atoms with Crippen molar-refractivity contribution in [2.75, 3.05) is 13.2 Å². The number of aliphatic imine (C=N–C) groups is 1. The van der Waals surface area contributed by atoms with Crippen LogP contribution in [0.4, 0.5) is 0 Å². The first-order chi connectivity index (χ1) is 13.4. The molecule has 1 amide bonds. The molecule has 1 aliphatic heterocycles. The molecule has 28 heavy (non-hydrogen) atoms. The van der Waals surface area contributed by atoms with Gasteiger partial charge in [0.15, 0.2) is 5.17 Å². The van der Waals surface area contributed by atoms with E-state index in [0.717, 1.165) is 23.9 Å². The standard InChI is InChI=1S/C21H21ClN2O3S/c1-13-8-14(2)10-17(9-13)26-6-3-7-27-18-5-4-16(22)11-15(18)12-19-20(25)24-21(23)28-19/h4-5,8-12H,3,6-7H2,1-2H3,(H2,23,24,25)/b19-12-. The Labute approximate surface area is 173 Å². The van der Waals surface area contributed by atoms with Gasteiger partial charge < -0.3 is 15.2 Å². The van der Waals surface area contributed by atoms with Crippen molar-refractivity contribution in [2.24, 2.45) is 10.7 Å². The first kappa shape index (κ1) is 20.3. The molecule has 0 aromatic heterocycles. The van der Waals surface area contributed by atoms with Gasteiger partial charge in [-0.1, -0.05) is 17.7 Å². The highest BCUT2D eigenvalue weighted by atomic mass is 35.5. The molecule has 7 heteroatoms. The second-order valence-electron chi connectivity index (χ2n) is 6.42. The predicted octanol–water partition coefficient (Wildman–Crippen LogP) is 4.73. The molecular weight excluding hydrogens is 396 g/mol. The summed E-state index contributed by atoms with van der Waals surface area (Å²) in [6, 6.07) is 11.4. The molecule has 146 valence electrons. The lowest BCUT2D eigenvalue weighted by Gasteiger charge is -2.11. The Bertz CT molecular complexity index is 936. The molecule has 0 aliphatic carbocycles. The monoisotopic (exact) mass is 416 g/mol. The van der Waals surface area contributed by atoms with Gasteiger partial charge in [0.05, 0.1) is 18.1 Å². The Balaban J connectivity index is 1.57. The van der Waals surface area contributed by atoms with E-state index in [1.54, 1.807) is 24.3 Å². The van der Waals surface area contributed by atoms with Crippen molar-refractivity contribution in [1.29, 1.82) is 0 Å². The number of hydrogen-bond donors (Lipinski definition) is 1. The third-order valence-electron chi connectivity index (χ3n) is 3.91. The SMILES string of the molecule is Cc1cc(C)cc(OCCCOc2ccc(Cl)cc2/C=C2\SC(N)=NC2=O)c1. The number of nitrogens with two attached hydrogens (primary N) is 1. The average Bonchev–Trinajstić information content (AvgIpc) is 2.92. The van der Waals surface area contributed by atoms with E-state index in [9.17, 15) is 4.79 Å². The summed E-state index contributed by atoms with van der Waals surface area (Å²) in [7, 11) is 0. The molecule has 3 rings (SSSR count). The number of ether oxygens (including phenoxy) is 2. The number of thioether (sulfide) groups is 1. The number of amides is 1. The van der Waals surface area contributed by atoms with Gasteiger partial charge in [-0.05, 0) is 73.1 Å². The van der Waals surface area contributed by atoms with Crippen molar-refractivity contribution >= 4 is 40.5 Å². The van der Waals surface area contributed by atoms with Crippen LogP contribution < -0.4 is 15.2 Å². The fourth-order valence-corrected chi connectivity index (χ4v) is 3.63. The number of carbonyl (C=O) groups excluding carboxylic acids is 1. The quantitative estimate of drug-likeness (QED) is 0.521. The van der Waals surface area contributed by atoms with Crippen LogP contribution >= 0.6 is 23.4 Å². The molecule has 0 bridgehead atoms. The van der Waals surface area contributed by atoms with Crippen molar-refractivity contribution < 1.29 is 14.3 Å². The minimum atomic E-state index is -0.352. The van der Waals surface area contributed by atoms with Crippen molar-refractivity contribution in [1.82, 2.24) is 0 Å². The van der Waals surface area contributed by atoms with Gasteiger partial charge in [-0.2, -0.15) is 4.99 Å². The molecule has 1 aliphatic rings. The number of halogens is 1. The van der Waals surface area contributed by atoms with Crippen molar-refractivity contribution in [3.8, 4) is 11.5 Å². The molecule has 5 nitrogen and oxygen atoms in total. The van der Waals surface area contributed by atoms with Gasteiger partial charge in [-0.25, -0.2) is 0 Å². The summed E-state index contributed by atoms with van der Waals surface area (Å²) in [5, 5.41) is 0.797. The average molecular weight is 417 g/mol. The minimum Gasteiger partial charge on any atom is -0.493 e. The lowest BCUT2D eigenvalue weighted by Crippen LogP contribution is -2.06. The molecule has 1 heterocycles. The van der Waals surface area contributed by atoms with Gasteiger partial charge in [0.2, 0.25) is 0 Å². The van der Waals surface area contributed by atoms with Crippen LogP contribution in [0.1, 0.15) is 23.1 Å². The molecule has 0 saturated heterocycles. The van der Waals surface area contributed by atoms with Crippen LogP contribution in [-0.2, 0) is 4.79 Å². The second kappa shape index (κ2) is 9.17. The molecule has 0 radical (unpaired) electrons. The van der Waals surface area contributed by atoms with Crippen LogP contribution in [0.2, 0.25) is 5.02 Å². The molecule has 0 spiro atoms. The van der Waals surface area contributed by atoms with Gasteiger partial charge >= 0.3 is 0 Å². The van der Waals surface area contributed by atoms with Crippen molar-refractivity contribution in [3.63, 3.8) is 0 Å². The fourth-order valence-electron chi connectivity index (χ4n) is 2.78. The number of amidine groups is 1. The van der Waals surface area contributed by atoms with Gasteiger partial charge in [0.25, 0.3) is 5.91 Å². The highest BCUT2D eigenvalue weighted by molar-refractivity contribution is 8.18. The summed E-state index contributed by atoms with van der Waals surface area (Å²) in [5.74, 6) is 1.15. The maximum Gasteiger partial charge on any atom is 0.286 e. The summed E-state index contributed by atoms with van der Waals surface area (Å²) in [4.78, 5) is 16.0. The first-order valence-corrected chi connectivity index (χ1v) is 10.0. The normalized spacial score (nSPS) is 15.0. The maximum atomic E-state index is 11.8. The maximum absolute atomic E-state index is 11.8. The van der Waals surface area contributed by atoms with Crippen LogP contribution in [0.25, 0.3) is 6.08 Å². The number of aryl methyl sites for hydroxylation is 2. The van der Waals surface area contributed by atoms with E-state index in [4.69, 9.17) is 26.8 Å². The minimum absolute atomic E-state index is 0.240. The molecule has 0 unspecified atom stereocenters. The topological polar surface area (TPSA) is 73.9 Å². The van der Waals surface area contributed by atoms with Gasteiger partial charge in [-0.15, -0.1) is 0 Å². The highest BCUT2D eigenvalue weighted by Gasteiger charge is 2.20. The Morgan fingerprint density at radius 2 is 1.82 bits per heavy atom. The van der Waals surface area contributed by atoms with Gasteiger partial charge in [0.1, 0.15) is 11.5 Å². The van der Waals surface area contributed by atoms with E-state index in [1.807, 2.05) is 26.0 Å². The number of rotatable bonds is 7. The molecule has 0 fully saturated rings. The van der Waals surface area contributed by atoms with Crippen molar-refractivity contribution in [2.45, 2.75) is 20.3 Å². The summed E-state index contributed by atoms with van der Waals surface area (Å²) in [5.41, 5.74) is 8.66. The van der Waals surface area contributed by atoms with E-state index in [2.05, 4.69) is 11.1 Å². The molecule has 2 N–H and O–H groups in total. The van der Waals surface area contributed by atoms with Gasteiger partial charge in [0, 0.05) is 17.0 Å². The summed E-state index contributed by atoms with van der Waals surface area (Å²) < 4.78 is 11.7. The van der Waals surface area contributed by atoms with Crippen LogP contribution in [0.5, 0.6) is 11.5 Å². The molecule has 2 aromatic carbocycles. The Morgan fingerprint density at radius 1 is 1.11 bits per heavy atom. The Kier molecular flexibility index (Phi) is 6.65. The van der Waals surface area contributed by atoms with Crippen LogP contribution in [0, 0.1) is 13.8 Å². The highest BCUT2D eigenvalue weighted by Crippen LogP contribution is 2.31. The van der Waals surface area contributed by atoms with Crippen molar-refractivity contribution in [3.05, 3.63) is 63.0 Å². The lowest BCUT2D eigenvalue weighted by molar-refractivity contribution is -0.113. The van der Waals surface area contributed by atoms with Crippen LogP contribution in [-0.4, -0.2) is 24.3 Å². The third-order valence-corrected chi connectivity index (χ3v) is 4.95. The zero-order valence-electron chi connectivity index (χ0n) is 15.7. The van der Waals surface area contributed by atoms with Crippen LogP contribution in [0.15, 0.2) is 46.3 Å². The number of carbonyl (C=O) groups is 1. The smallest absolute Gasteiger partial charge is 0.286 e. The van der Waals surface area contributed by atoms with E-state index >= 15 is 0 Å². The Hall–Kier alpha value is -2.44. The second-order valence-corrected chi connectivity index (χ2v) is 7.92. The zero-order valence-corrected chi connectivity index (χ0v) is 17.3. The summed E-state index contributed by atoms with van der Waals surface area (Å²) in [6.45, 7) is 5.12. The largest absolute Gasteiger partial charge is 0.493 e. The predicted molar refractivity (Wildman–Crippen MR) is 115 cm³/mol. The number of hydrogen-bond acceptors (Lipinski definition) is 5. The van der Waals surface area contributed by atoms with Crippen LogP contribution in [0.3, 0.4) is 0 Å². The summed E-state index contributed by atoms with van der Waals surface area (Å²) in [6.07, 6.45) is 2.42. The first-order valence-electron chi connectivity index (χ1n) is 8.82. The van der Waals surface area contributed by atoms with Gasteiger partial charge in [-0.3, -0.25) is 4.79 Å². The van der Waals surface area contributed by atoms with E-state index in [1.165, 1.54) is 11.1 Å². The molecular formula is C21H21ClN2O3S. The Morgan fingerprint density at radius 3 is 2.50 bits per heavy atom. The van der Waals surface area contributed by atoms with E-state index < -0.39 is 0 Å². The van der Waals surface area contributed by atoms with E-state index in [0.29, 0.717) is 34.5 Å². The summed E-state index contributed by atoms with van der Waals surface area (Å²) >= 11 is 7.23. The lowest BCUT2D eigenvalue weighted by atomic mass is 10.1. The number of nitrogens with zero attached hydrogens (tertiary/aromatic N) is 1. The molecule has 0 saturated carbocycles. The fraction of sp³-hybridized carbons (Fsp3) is 0.238. The zero-order chi connectivity index (χ0) is 20.1. The molecule has 0 atom stereocenters. The number of benzene rings is 2.